The van der Waals surface area contributed by atoms with Gasteiger partial charge in [-0.15, -0.1) is 0 Å². The van der Waals surface area contributed by atoms with Crippen LogP contribution in [0.4, 0.5) is 5.82 Å². The van der Waals surface area contributed by atoms with Gasteiger partial charge in [-0.25, -0.2) is 4.79 Å². The van der Waals surface area contributed by atoms with E-state index in [9.17, 15) is 4.79 Å². The molecule has 1 aliphatic rings. The summed E-state index contributed by atoms with van der Waals surface area (Å²) >= 11 is 0. The number of nitrogens with zero attached hydrogens (tertiary/aromatic N) is 2. The summed E-state index contributed by atoms with van der Waals surface area (Å²) in [4.78, 5) is 15.4. The normalized spacial score (nSPS) is 28.5. The number of aliphatic hydroxyl groups excluding tert-OH is 1. The number of rotatable bonds is 3. The highest BCUT2D eigenvalue weighted by Gasteiger charge is 2.33. The van der Waals surface area contributed by atoms with E-state index in [4.69, 9.17) is 15.6 Å². The third kappa shape index (κ3) is 2.48. The number of hydrogen-bond donors (Lipinski definition) is 2. The monoisotopic (exact) mass is 239 g/mol. The molecular weight excluding hydrogens is 222 g/mol. The van der Waals surface area contributed by atoms with E-state index in [0.717, 1.165) is 6.42 Å². The van der Waals surface area contributed by atoms with Crippen molar-refractivity contribution in [2.45, 2.75) is 32.1 Å². The van der Waals surface area contributed by atoms with Gasteiger partial charge in [0.2, 0.25) is 0 Å². The molecule has 1 fully saturated rings. The number of anilines is 1. The lowest BCUT2D eigenvalue weighted by Crippen LogP contribution is -2.29. The maximum absolute atomic E-state index is 11.7. The van der Waals surface area contributed by atoms with Crippen LogP contribution in [-0.4, -0.2) is 27.4 Å². The maximum Gasteiger partial charge on any atom is 0.351 e. The quantitative estimate of drug-likeness (QED) is 0.782. The highest BCUT2D eigenvalue weighted by atomic mass is 16.5. The van der Waals surface area contributed by atoms with Crippen LogP contribution in [-0.2, 0) is 4.74 Å². The Morgan fingerprint density at radius 2 is 2.47 bits per heavy atom. The molecule has 1 aliphatic heterocycles. The number of nitrogens with two attached hydrogens (primary N) is 1. The fourth-order valence-electron chi connectivity index (χ4n) is 2.21. The maximum atomic E-state index is 11.7. The van der Waals surface area contributed by atoms with Gasteiger partial charge in [0.05, 0.1) is 6.10 Å². The summed E-state index contributed by atoms with van der Waals surface area (Å²) in [6.07, 6.45) is 2.73. The Morgan fingerprint density at radius 1 is 1.71 bits per heavy atom. The van der Waals surface area contributed by atoms with Crippen molar-refractivity contribution in [1.29, 1.82) is 0 Å². The van der Waals surface area contributed by atoms with Crippen LogP contribution in [0, 0.1) is 5.92 Å². The summed E-state index contributed by atoms with van der Waals surface area (Å²) in [5.74, 6) is 0.429. The SMILES string of the molecule is CC1CC(CCO)OC1n1ccc(N)nc1=O. The van der Waals surface area contributed by atoms with Crippen molar-refractivity contribution in [3.05, 3.63) is 22.7 Å². The fourth-order valence-corrected chi connectivity index (χ4v) is 2.21. The lowest BCUT2D eigenvalue weighted by Gasteiger charge is -2.17. The van der Waals surface area contributed by atoms with Crippen LogP contribution in [0.2, 0.25) is 0 Å². The minimum absolute atomic E-state index is 0.00412. The molecule has 0 aliphatic carbocycles. The molecule has 1 aromatic heterocycles. The zero-order chi connectivity index (χ0) is 12.4. The van der Waals surface area contributed by atoms with Gasteiger partial charge in [-0.1, -0.05) is 6.92 Å². The van der Waals surface area contributed by atoms with Crippen LogP contribution in [0.3, 0.4) is 0 Å². The van der Waals surface area contributed by atoms with Gasteiger partial charge in [-0.3, -0.25) is 4.57 Å². The molecule has 0 radical (unpaired) electrons. The van der Waals surface area contributed by atoms with E-state index in [-0.39, 0.29) is 30.7 Å². The molecule has 0 spiro atoms. The van der Waals surface area contributed by atoms with Crippen molar-refractivity contribution in [1.82, 2.24) is 9.55 Å². The van der Waals surface area contributed by atoms with Gasteiger partial charge in [0, 0.05) is 18.7 Å². The van der Waals surface area contributed by atoms with E-state index in [1.165, 1.54) is 4.57 Å². The number of hydrogen-bond acceptors (Lipinski definition) is 5. The minimum atomic E-state index is -0.397. The Hall–Kier alpha value is -1.40. The predicted octanol–water partition coefficient (Wildman–Crippen LogP) is 0.132. The third-order valence-corrected chi connectivity index (χ3v) is 3.03. The smallest absolute Gasteiger partial charge is 0.351 e. The summed E-state index contributed by atoms with van der Waals surface area (Å²) in [7, 11) is 0. The summed E-state index contributed by atoms with van der Waals surface area (Å²) in [6.45, 7) is 2.11. The van der Waals surface area contributed by atoms with Crippen LogP contribution in [0.15, 0.2) is 17.1 Å². The van der Waals surface area contributed by atoms with Crippen molar-refractivity contribution < 1.29 is 9.84 Å². The number of aliphatic hydroxyl groups is 1. The summed E-state index contributed by atoms with van der Waals surface area (Å²) in [5.41, 5.74) is 5.04. The van der Waals surface area contributed by atoms with Crippen LogP contribution >= 0.6 is 0 Å². The van der Waals surface area contributed by atoms with Gasteiger partial charge < -0.3 is 15.6 Å². The zero-order valence-corrected chi connectivity index (χ0v) is 9.74. The van der Waals surface area contributed by atoms with Crippen molar-refractivity contribution >= 4 is 5.82 Å². The molecule has 0 saturated carbocycles. The average molecular weight is 239 g/mol. The molecule has 1 saturated heterocycles. The van der Waals surface area contributed by atoms with Gasteiger partial charge in [0.1, 0.15) is 12.0 Å². The first kappa shape index (κ1) is 12.1. The first-order chi connectivity index (χ1) is 8.11. The highest BCUT2D eigenvalue weighted by Crippen LogP contribution is 2.34. The molecule has 2 rings (SSSR count). The molecule has 0 amide bonds. The van der Waals surface area contributed by atoms with Crippen molar-refractivity contribution in [3.8, 4) is 0 Å². The summed E-state index contributed by atoms with van der Waals surface area (Å²) in [6, 6.07) is 1.58. The molecule has 17 heavy (non-hydrogen) atoms. The molecule has 3 N–H and O–H groups in total. The van der Waals surface area contributed by atoms with Gasteiger partial charge >= 0.3 is 5.69 Å². The molecule has 3 unspecified atom stereocenters. The van der Waals surface area contributed by atoms with Crippen LogP contribution in [0.5, 0.6) is 0 Å². The number of nitrogen functional groups attached to an aromatic ring is 1. The Kier molecular flexibility index (Phi) is 3.44. The third-order valence-electron chi connectivity index (χ3n) is 3.03. The molecular formula is C11H17N3O3. The van der Waals surface area contributed by atoms with Gasteiger partial charge in [-0.05, 0) is 18.9 Å². The van der Waals surface area contributed by atoms with E-state index < -0.39 is 5.69 Å². The molecule has 2 heterocycles. The molecule has 6 nitrogen and oxygen atoms in total. The predicted molar refractivity (Wildman–Crippen MR) is 62.3 cm³/mol. The lowest BCUT2D eigenvalue weighted by atomic mass is 10.0. The molecule has 6 heteroatoms. The van der Waals surface area contributed by atoms with Crippen molar-refractivity contribution in [2.24, 2.45) is 5.92 Å². The van der Waals surface area contributed by atoms with Gasteiger partial charge in [0.25, 0.3) is 0 Å². The Balaban J connectivity index is 2.20. The first-order valence-corrected chi connectivity index (χ1v) is 5.73. The summed E-state index contributed by atoms with van der Waals surface area (Å²) in [5, 5.41) is 8.88. The number of aromatic nitrogens is 2. The van der Waals surface area contributed by atoms with Gasteiger partial charge in [0.15, 0.2) is 0 Å². The van der Waals surface area contributed by atoms with Gasteiger partial charge in [-0.2, -0.15) is 4.98 Å². The van der Waals surface area contributed by atoms with Crippen molar-refractivity contribution in [3.63, 3.8) is 0 Å². The van der Waals surface area contributed by atoms with E-state index >= 15 is 0 Å². The minimum Gasteiger partial charge on any atom is -0.396 e. The molecule has 0 bridgehead atoms. The fraction of sp³-hybridized carbons (Fsp3) is 0.636. The molecule has 1 aromatic rings. The second-order valence-electron chi connectivity index (χ2n) is 4.42. The molecule has 3 atom stereocenters. The summed E-state index contributed by atoms with van der Waals surface area (Å²) < 4.78 is 7.20. The second-order valence-corrected chi connectivity index (χ2v) is 4.42. The highest BCUT2D eigenvalue weighted by molar-refractivity contribution is 5.23. The largest absolute Gasteiger partial charge is 0.396 e. The Labute approximate surface area is 99.0 Å². The van der Waals surface area contributed by atoms with Crippen molar-refractivity contribution in [2.75, 3.05) is 12.3 Å². The second kappa shape index (κ2) is 4.85. The standard InChI is InChI=1S/C11H17N3O3/c1-7-6-8(3-5-15)17-10(7)14-4-2-9(12)13-11(14)16/h2,4,7-8,10,15H,3,5-6H2,1H3,(H2,12,13,16). The first-order valence-electron chi connectivity index (χ1n) is 5.73. The molecule has 94 valence electrons. The Morgan fingerprint density at radius 3 is 3.12 bits per heavy atom. The topological polar surface area (TPSA) is 90.4 Å². The number of ether oxygens (including phenoxy) is 1. The van der Waals surface area contributed by atoms with E-state index in [2.05, 4.69) is 4.98 Å². The zero-order valence-electron chi connectivity index (χ0n) is 9.74. The Bertz CT molecular complexity index is 446. The van der Waals surface area contributed by atoms with E-state index in [1.54, 1.807) is 12.3 Å². The van der Waals surface area contributed by atoms with E-state index in [0.29, 0.717) is 6.42 Å². The lowest BCUT2D eigenvalue weighted by molar-refractivity contribution is -0.0210. The van der Waals surface area contributed by atoms with Crippen LogP contribution in [0.25, 0.3) is 0 Å². The van der Waals surface area contributed by atoms with Crippen LogP contribution < -0.4 is 11.4 Å². The average Bonchev–Trinajstić information content (AvgIpc) is 2.60. The van der Waals surface area contributed by atoms with E-state index in [1.807, 2.05) is 6.92 Å². The molecule has 0 aromatic carbocycles. The van der Waals surface area contributed by atoms with Crippen LogP contribution in [0.1, 0.15) is 26.0 Å².